The summed E-state index contributed by atoms with van der Waals surface area (Å²) in [4.78, 5) is 14.1. The van der Waals surface area contributed by atoms with Gasteiger partial charge in [0.25, 0.3) is 5.91 Å². The normalized spacial score (nSPS) is 18.5. The minimum absolute atomic E-state index is 0.115. The number of rotatable bonds is 4. The van der Waals surface area contributed by atoms with Crippen LogP contribution in [0.4, 0.5) is 0 Å². The third-order valence-electron chi connectivity index (χ3n) is 3.31. The molecule has 0 radical (unpaired) electrons. The Bertz CT molecular complexity index is 522. The van der Waals surface area contributed by atoms with Gasteiger partial charge < -0.3 is 24.2 Å². The highest BCUT2D eigenvalue weighted by Crippen LogP contribution is 2.36. The summed E-state index contributed by atoms with van der Waals surface area (Å²) in [5.41, 5.74) is 0.413. The molecule has 1 aliphatic rings. The monoisotopic (exact) mass is 315 g/mol. The molecule has 0 bridgehead atoms. The van der Waals surface area contributed by atoms with Crippen LogP contribution in [0.25, 0.3) is 0 Å². The second kappa shape index (κ2) is 6.98. The van der Waals surface area contributed by atoms with Crippen molar-refractivity contribution in [1.82, 2.24) is 4.90 Å². The third-order valence-corrected chi connectivity index (χ3v) is 3.59. The van der Waals surface area contributed by atoms with Gasteiger partial charge in [-0.2, -0.15) is 0 Å². The summed E-state index contributed by atoms with van der Waals surface area (Å²) in [5, 5.41) is 9.45. The number of hydrogen-bond donors (Lipinski definition) is 1. The number of benzene rings is 1. The Kier molecular flexibility index (Phi) is 5.27. The topological polar surface area (TPSA) is 68.2 Å². The largest absolute Gasteiger partial charge is 0.493 e. The van der Waals surface area contributed by atoms with Gasteiger partial charge in [-0.05, 0) is 12.1 Å². The van der Waals surface area contributed by atoms with E-state index in [2.05, 4.69) is 0 Å². The molecule has 0 aliphatic carbocycles. The van der Waals surface area contributed by atoms with Gasteiger partial charge in [-0.15, -0.1) is 0 Å². The molecule has 1 amide bonds. The van der Waals surface area contributed by atoms with Crippen LogP contribution >= 0.6 is 11.6 Å². The Balaban J connectivity index is 2.25. The number of methoxy groups -OCH3 is 2. The lowest BCUT2D eigenvalue weighted by atomic mass is 10.1. The Morgan fingerprint density at radius 2 is 2.24 bits per heavy atom. The van der Waals surface area contributed by atoms with Crippen LogP contribution in [-0.2, 0) is 4.74 Å². The molecule has 2 rings (SSSR count). The van der Waals surface area contributed by atoms with Gasteiger partial charge in [-0.1, -0.05) is 11.6 Å². The van der Waals surface area contributed by atoms with E-state index in [-0.39, 0.29) is 18.6 Å². The number of amides is 1. The van der Waals surface area contributed by atoms with Crippen molar-refractivity contribution >= 4 is 17.5 Å². The van der Waals surface area contributed by atoms with Gasteiger partial charge in [-0.25, -0.2) is 0 Å². The van der Waals surface area contributed by atoms with Crippen molar-refractivity contribution < 1.29 is 24.1 Å². The fourth-order valence-electron chi connectivity index (χ4n) is 2.24. The number of hydrogen-bond acceptors (Lipinski definition) is 5. The van der Waals surface area contributed by atoms with E-state index in [0.29, 0.717) is 41.8 Å². The first-order valence-electron chi connectivity index (χ1n) is 6.54. The summed E-state index contributed by atoms with van der Waals surface area (Å²) in [6.45, 7) is 1.11. The van der Waals surface area contributed by atoms with Crippen LogP contribution in [0.15, 0.2) is 12.1 Å². The maximum absolute atomic E-state index is 12.5. The maximum Gasteiger partial charge on any atom is 0.254 e. The number of aliphatic hydroxyl groups is 1. The number of nitrogens with zero attached hydrogens (tertiary/aromatic N) is 1. The number of aliphatic hydroxyl groups excluding tert-OH is 1. The smallest absolute Gasteiger partial charge is 0.254 e. The van der Waals surface area contributed by atoms with Crippen LogP contribution in [-0.4, -0.2) is 62.5 Å². The number of morpholine rings is 1. The highest BCUT2D eigenvalue weighted by atomic mass is 35.5. The molecule has 116 valence electrons. The van der Waals surface area contributed by atoms with Crippen molar-refractivity contribution in [2.45, 2.75) is 6.10 Å². The van der Waals surface area contributed by atoms with Gasteiger partial charge in [0.1, 0.15) is 0 Å². The lowest BCUT2D eigenvalue weighted by Gasteiger charge is -2.32. The van der Waals surface area contributed by atoms with E-state index in [0.717, 1.165) is 0 Å². The minimum atomic E-state index is -0.349. The molecule has 21 heavy (non-hydrogen) atoms. The van der Waals surface area contributed by atoms with E-state index < -0.39 is 0 Å². The number of carbonyl (C=O) groups excluding carboxylic acids is 1. The first kappa shape index (κ1) is 15.9. The Hall–Kier alpha value is -1.50. The molecule has 1 atom stereocenters. The second-order valence-corrected chi connectivity index (χ2v) is 5.03. The second-order valence-electron chi connectivity index (χ2n) is 4.62. The lowest BCUT2D eigenvalue weighted by molar-refractivity contribution is -0.0447. The van der Waals surface area contributed by atoms with E-state index in [4.69, 9.17) is 30.9 Å². The molecule has 1 N–H and O–H groups in total. The van der Waals surface area contributed by atoms with Crippen LogP contribution in [0.2, 0.25) is 5.02 Å². The van der Waals surface area contributed by atoms with E-state index in [9.17, 15) is 4.79 Å². The molecule has 0 saturated carbocycles. The van der Waals surface area contributed by atoms with Crippen molar-refractivity contribution in [3.05, 3.63) is 22.7 Å². The molecular formula is C14H18ClNO5. The average molecular weight is 316 g/mol. The zero-order valence-electron chi connectivity index (χ0n) is 12.0. The summed E-state index contributed by atoms with van der Waals surface area (Å²) in [5.74, 6) is 0.617. The standard InChI is InChI=1S/C14H18ClNO5/c1-19-12-6-9(5-11(15)13(12)20-2)14(18)16-3-4-21-10(7-16)8-17/h5-6,10,17H,3-4,7-8H2,1-2H3. The van der Waals surface area contributed by atoms with Crippen molar-refractivity contribution in [2.75, 3.05) is 40.5 Å². The number of carbonyl (C=O) groups is 1. The molecule has 1 aromatic carbocycles. The first-order chi connectivity index (χ1) is 10.1. The SMILES string of the molecule is COc1cc(C(=O)N2CCOC(CO)C2)cc(Cl)c1OC. The fraction of sp³-hybridized carbons (Fsp3) is 0.500. The maximum atomic E-state index is 12.5. The molecule has 1 aromatic rings. The summed E-state index contributed by atoms with van der Waals surface area (Å²) in [6, 6.07) is 3.14. The Morgan fingerprint density at radius 1 is 1.48 bits per heavy atom. The molecule has 7 heteroatoms. The predicted molar refractivity (Wildman–Crippen MR) is 77.3 cm³/mol. The minimum Gasteiger partial charge on any atom is -0.493 e. The van der Waals surface area contributed by atoms with Crippen molar-refractivity contribution in [1.29, 1.82) is 0 Å². The van der Waals surface area contributed by atoms with Crippen LogP contribution < -0.4 is 9.47 Å². The third kappa shape index (κ3) is 3.40. The van der Waals surface area contributed by atoms with Gasteiger partial charge in [0.2, 0.25) is 0 Å². The molecule has 0 aromatic heterocycles. The molecule has 1 aliphatic heterocycles. The molecule has 1 heterocycles. The Morgan fingerprint density at radius 3 is 2.86 bits per heavy atom. The molecular weight excluding hydrogens is 298 g/mol. The first-order valence-corrected chi connectivity index (χ1v) is 6.91. The van der Waals surface area contributed by atoms with Gasteiger partial charge >= 0.3 is 0 Å². The van der Waals surface area contributed by atoms with Crippen LogP contribution in [0.5, 0.6) is 11.5 Å². The Labute approximate surface area is 128 Å². The fourth-order valence-corrected chi connectivity index (χ4v) is 2.53. The average Bonchev–Trinajstić information content (AvgIpc) is 2.53. The van der Waals surface area contributed by atoms with Gasteiger partial charge in [-0.3, -0.25) is 4.79 Å². The van der Waals surface area contributed by atoms with Gasteiger partial charge in [0.05, 0.1) is 38.6 Å². The number of ether oxygens (including phenoxy) is 3. The molecule has 0 spiro atoms. The van der Waals surface area contributed by atoms with E-state index in [1.165, 1.54) is 14.2 Å². The van der Waals surface area contributed by atoms with Crippen molar-refractivity contribution in [2.24, 2.45) is 0 Å². The van der Waals surface area contributed by atoms with Crippen molar-refractivity contribution in [3.8, 4) is 11.5 Å². The predicted octanol–water partition coefficient (Wildman–Crippen LogP) is 1.19. The van der Waals surface area contributed by atoms with E-state index >= 15 is 0 Å². The summed E-state index contributed by atoms with van der Waals surface area (Å²) < 4.78 is 15.7. The summed E-state index contributed by atoms with van der Waals surface area (Å²) in [7, 11) is 2.97. The summed E-state index contributed by atoms with van der Waals surface area (Å²) in [6.07, 6.45) is -0.349. The highest BCUT2D eigenvalue weighted by Gasteiger charge is 2.26. The molecule has 1 unspecified atom stereocenters. The lowest BCUT2D eigenvalue weighted by Crippen LogP contribution is -2.46. The van der Waals surface area contributed by atoms with E-state index in [1.807, 2.05) is 0 Å². The highest BCUT2D eigenvalue weighted by molar-refractivity contribution is 6.32. The van der Waals surface area contributed by atoms with Crippen LogP contribution in [0, 0.1) is 0 Å². The summed E-state index contributed by atoms with van der Waals surface area (Å²) >= 11 is 6.11. The van der Waals surface area contributed by atoms with Crippen LogP contribution in [0.1, 0.15) is 10.4 Å². The number of halogens is 1. The zero-order valence-corrected chi connectivity index (χ0v) is 12.7. The van der Waals surface area contributed by atoms with Crippen LogP contribution in [0.3, 0.4) is 0 Å². The van der Waals surface area contributed by atoms with Crippen molar-refractivity contribution in [3.63, 3.8) is 0 Å². The zero-order chi connectivity index (χ0) is 15.4. The van der Waals surface area contributed by atoms with Gasteiger partial charge in [0.15, 0.2) is 11.5 Å². The van der Waals surface area contributed by atoms with Gasteiger partial charge in [0, 0.05) is 18.7 Å². The molecule has 1 saturated heterocycles. The molecule has 1 fully saturated rings. The molecule has 6 nitrogen and oxygen atoms in total. The van der Waals surface area contributed by atoms with E-state index in [1.54, 1.807) is 17.0 Å². The quantitative estimate of drug-likeness (QED) is 0.904.